The maximum Gasteiger partial charge on any atom is 0.371 e. The highest BCUT2D eigenvalue weighted by atomic mass is 19.3. The molecule has 1 aliphatic carbocycles. The first-order chi connectivity index (χ1) is 12.5. The molecule has 0 amide bonds. The molecule has 0 atom stereocenters. The number of alkyl halides is 4. The molecule has 2 aromatic rings. The van der Waals surface area contributed by atoms with Gasteiger partial charge in [-0.1, -0.05) is 0 Å². The van der Waals surface area contributed by atoms with Crippen LogP contribution in [0, 0.1) is 29.6 Å². The summed E-state index contributed by atoms with van der Waals surface area (Å²) in [5, 5.41) is 37.7. The van der Waals surface area contributed by atoms with Crippen LogP contribution in [0.3, 0.4) is 0 Å². The highest BCUT2D eigenvalue weighted by molar-refractivity contribution is 5.60. The van der Waals surface area contributed by atoms with Crippen molar-refractivity contribution in [3.63, 3.8) is 0 Å². The number of rotatable bonds is 2. The Morgan fingerprint density at radius 1 is 1.00 bits per heavy atom. The number of nitriles is 2. The zero-order chi connectivity index (χ0) is 20.2. The van der Waals surface area contributed by atoms with E-state index in [1.165, 1.54) is 24.3 Å². The van der Waals surface area contributed by atoms with Crippen molar-refractivity contribution in [2.24, 2.45) is 0 Å². The van der Waals surface area contributed by atoms with Crippen LogP contribution in [-0.4, -0.2) is 16.1 Å². The molecule has 0 saturated carbocycles. The predicted molar refractivity (Wildman–Crippen MR) is 82.1 cm³/mol. The van der Waals surface area contributed by atoms with E-state index in [1.807, 2.05) is 6.07 Å². The van der Waals surface area contributed by atoms with Gasteiger partial charge in [0.15, 0.2) is 0 Å². The molecule has 0 saturated heterocycles. The number of nitrogens with zero attached hydrogens (tertiary/aromatic N) is 2. The largest absolute Gasteiger partial charge is 0.456 e. The van der Waals surface area contributed by atoms with Crippen molar-refractivity contribution in [3.8, 4) is 23.6 Å². The summed E-state index contributed by atoms with van der Waals surface area (Å²) in [7, 11) is 0. The summed E-state index contributed by atoms with van der Waals surface area (Å²) < 4.78 is 61.1. The number of aryl methyl sites for hydroxylation is 1. The summed E-state index contributed by atoms with van der Waals surface area (Å²) in [6.07, 6.45) is 0. The van der Waals surface area contributed by atoms with E-state index in [0.717, 1.165) is 6.07 Å². The Kier molecular flexibility index (Phi) is 3.92. The molecule has 3 rings (SSSR count). The standard InChI is InChI=1S/C18H10F4N2O3/c1-9-4-10(7-23)6-11(5-9)27-14-3-2-13-15(12(14)8-24)17(25,26)18(21,22)16(13,19)20/h2-6,25-26H,1H3. The summed E-state index contributed by atoms with van der Waals surface area (Å²) in [6.45, 7) is 1.65. The van der Waals surface area contributed by atoms with E-state index in [4.69, 9.17) is 10.00 Å². The first-order valence-corrected chi connectivity index (χ1v) is 7.45. The van der Waals surface area contributed by atoms with Gasteiger partial charge in [0.05, 0.1) is 11.6 Å². The maximum atomic E-state index is 14.0. The molecule has 5 nitrogen and oxygen atoms in total. The van der Waals surface area contributed by atoms with Crippen LogP contribution >= 0.6 is 0 Å². The Hall–Kier alpha value is -3.14. The fraction of sp³-hybridized carbons (Fsp3) is 0.222. The molecule has 0 spiro atoms. The highest BCUT2D eigenvalue weighted by Crippen LogP contribution is 2.60. The first kappa shape index (κ1) is 18.6. The van der Waals surface area contributed by atoms with Gasteiger partial charge < -0.3 is 14.9 Å². The molecule has 27 heavy (non-hydrogen) atoms. The van der Waals surface area contributed by atoms with Crippen LogP contribution in [-0.2, 0) is 11.7 Å². The SMILES string of the molecule is Cc1cc(C#N)cc(Oc2ccc3c(c2C#N)C(O)(O)C(F)(F)C3(F)F)c1. The van der Waals surface area contributed by atoms with Gasteiger partial charge in [-0.25, -0.2) is 0 Å². The van der Waals surface area contributed by atoms with E-state index in [0.29, 0.717) is 11.6 Å². The minimum absolute atomic E-state index is 0.0426. The second-order valence-corrected chi connectivity index (χ2v) is 6.04. The minimum Gasteiger partial charge on any atom is -0.456 e. The molecule has 0 unspecified atom stereocenters. The molecule has 0 bridgehead atoms. The van der Waals surface area contributed by atoms with Crippen LogP contribution in [0.4, 0.5) is 17.6 Å². The average molecular weight is 378 g/mol. The van der Waals surface area contributed by atoms with E-state index in [9.17, 15) is 33.0 Å². The fourth-order valence-corrected chi connectivity index (χ4v) is 2.95. The molecular weight excluding hydrogens is 368 g/mol. The Morgan fingerprint density at radius 2 is 1.67 bits per heavy atom. The third-order valence-electron chi connectivity index (χ3n) is 4.21. The molecule has 0 radical (unpaired) electrons. The second-order valence-electron chi connectivity index (χ2n) is 6.04. The lowest BCUT2D eigenvalue weighted by Gasteiger charge is -2.27. The van der Waals surface area contributed by atoms with Gasteiger partial charge in [0.2, 0.25) is 0 Å². The molecular formula is C18H10F4N2O3. The van der Waals surface area contributed by atoms with Crippen LogP contribution in [0.1, 0.15) is 27.8 Å². The normalized spacial score (nSPS) is 18.3. The van der Waals surface area contributed by atoms with E-state index in [2.05, 4.69) is 0 Å². The maximum absolute atomic E-state index is 14.0. The van der Waals surface area contributed by atoms with Crippen LogP contribution in [0.25, 0.3) is 0 Å². The number of hydrogen-bond donors (Lipinski definition) is 2. The lowest BCUT2D eigenvalue weighted by molar-refractivity contribution is -0.357. The molecule has 2 aromatic carbocycles. The summed E-state index contributed by atoms with van der Waals surface area (Å²) in [4.78, 5) is 0. The molecule has 138 valence electrons. The summed E-state index contributed by atoms with van der Waals surface area (Å²) in [5.74, 6) is -14.8. The van der Waals surface area contributed by atoms with Crippen molar-refractivity contribution >= 4 is 0 Å². The van der Waals surface area contributed by atoms with E-state index in [1.54, 1.807) is 6.92 Å². The molecule has 0 aromatic heterocycles. The van der Waals surface area contributed by atoms with Crippen molar-refractivity contribution in [3.05, 3.63) is 58.1 Å². The van der Waals surface area contributed by atoms with Gasteiger partial charge in [0, 0.05) is 11.1 Å². The van der Waals surface area contributed by atoms with Gasteiger partial charge in [0.25, 0.3) is 5.79 Å². The predicted octanol–water partition coefficient (Wildman–Crippen LogP) is 3.41. The molecule has 2 N–H and O–H groups in total. The molecule has 0 heterocycles. The van der Waals surface area contributed by atoms with Gasteiger partial charge in [-0.05, 0) is 42.8 Å². The lowest BCUT2D eigenvalue weighted by Crippen LogP contribution is -2.48. The van der Waals surface area contributed by atoms with Gasteiger partial charge >= 0.3 is 11.8 Å². The first-order valence-electron chi connectivity index (χ1n) is 7.45. The molecule has 1 aliphatic rings. The number of aliphatic hydroxyl groups is 2. The van der Waals surface area contributed by atoms with Gasteiger partial charge in [0.1, 0.15) is 23.1 Å². The number of fused-ring (bicyclic) bond motifs is 1. The summed E-state index contributed by atoms with van der Waals surface area (Å²) >= 11 is 0. The van der Waals surface area contributed by atoms with Gasteiger partial charge in [-0.3, -0.25) is 0 Å². The van der Waals surface area contributed by atoms with Crippen LogP contribution in [0.5, 0.6) is 11.5 Å². The van der Waals surface area contributed by atoms with Crippen molar-refractivity contribution in [2.45, 2.75) is 24.6 Å². The Morgan fingerprint density at radius 3 is 2.26 bits per heavy atom. The monoisotopic (exact) mass is 378 g/mol. The zero-order valence-corrected chi connectivity index (χ0v) is 13.6. The third-order valence-corrected chi connectivity index (χ3v) is 4.21. The van der Waals surface area contributed by atoms with E-state index in [-0.39, 0.29) is 11.3 Å². The average Bonchev–Trinajstić information content (AvgIpc) is 2.69. The third kappa shape index (κ3) is 2.44. The number of halogens is 4. The van der Waals surface area contributed by atoms with Crippen molar-refractivity contribution in [1.29, 1.82) is 10.5 Å². The van der Waals surface area contributed by atoms with E-state index >= 15 is 0 Å². The number of ether oxygens (including phenoxy) is 1. The summed E-state index contributed by atoms with van der Waals surface area (Å²) in [5.41, 5.74) is -2.73. The quantitative estimate of drug-likeness (QED) is 0.617. The smallest absolute Gasteiger partial charge is 0.371 e. The van der Waals surface area contributed by atoms with Gasteiger partial charge in [-0.15, -0.1) is 0 Å². The Labute approximate surface area is 150 Å². The Bertz CT molecular complexity index is 1040. The number of hydrogen-bond acceptors (Lipinski definition) is 5. The zero-order valence-electron chi connectivity index (χ0n) is 13.6. The van der Waals surface area contributed by atoms with Gasteiger partial charge in [-0.2, -0.15) is 28.1 Å². The second kappa shape index (κ2) is 5.68. The lowest BCUT2D eigenvalue weighted by atomic mass is 9.99. The highest BCUT2D eigenvalue weighted by Gasteiger charge is 2.77. The van der Waals surface area contributed by atoms with Crippen molar-refractivity contribution in [1.82, 2.24) is 0 Å². The topological polar surface area (TPSA) is 97.3 Å². The molecule has 0 fully saturated rings. The Balaban J connectivity index is 2.20. The fourth-order valence-electron chi connectivity index (χ4n) is 2.95. The van der Waals surface area contributed by atoms with Crippen LogP contribution in [0.15, 0.2) is 30.3 Å². The van der Waals surface area contributed by atoms with Crippen molar-refractivity contribution in [2.75, 3.05) is 0 Å². The molecule has 0 aliphatic heterocycles. The van der Waals surface area contributed by atoms with Crippen LogP contribution in [0.2, 0.25) is 0 Å². The van der Waals surface area contributed by atoms with Crippen molar-refractivity contribution < 1.29 is 32.5 Å². The summed E-state index contributed by atoms with van der Waals surface area (Å²) in [6, 6.07) is 8.98. The minimum atomic E-state index is -5.25. The molecule has 9 heteroatoms. The van der Waals surface area contributed by atoms with Crippen LogP contribution < -0.4 is 4.74 Å². The number of benzene rings is 2. The van der Waals surface area contributed by atoms with E-state index < -0.39 is 40.1 Å².